The molecule has 11 heavy (non-hydrogen) atoms. The summed E-state index contributed by atoms with van der Waals surface area (Å²) in [6.07, 6.45) is 0. The average molecular weight is 156 g/mol. The lowest BCUT2D eigenvalue weighted by Gasteiger charge is -2.39. The monoisotopic (exact) mass is 156 g/mol. The molecule has 3 nitrogen and oxygen atoms in total. The lowest BCUT2D eigenvalue weighted by Crippen LogP contribution is -2.63. The van der Waals surface area contributed by atoms with Crippen LogP contribution in [0.25, 0.3) is 0 Å². The van der Waals surface area contributed by atoms with E-state index in [0.29, 0.717) is 6.04 Å². The van der Waals surface area contributed by atoms with Crippen LogP contribution in [0.4, 0.5) is 0 Å². The standard InChI is InChI=1S/C8H16N2O/c1-6-5-10(4)7(11)8(2,3)9-6/h6,9H,5H2,1-4H3. The van der Waals surface area contributed by atoms with E-state index in [-0.39, 0.29) is 11.4 Å². The number of piperazine rings is 1. The highest BCUT2D eigenvalue weighted by atomic mass is 16.2. The summed E-state index contributed by atoms with van der Waals surface area (Å²) in [6.45, 7) is 6.73. The summed E-state index contributed by atoms with van der Waals surface area (Å²) < 4.78 is 0. The summed E-state index contributed by atoms with van der Waals surface area (Å²) in [5, 5.41) is 3.24. The Balaban J connectivity index is 2.75. The Labute approximate surface area is 67.8 Å². The molecule has 0 bridgehead atoms. The number of hydrogen-bond donors (Lipinski definition) is 1. The van der Waals surface area contributed by atoms with Gasteiger partial charge in [0, 0.05) is 19.6 Å². The fourth-order valence-corrected chi connectivity index (χ4v) is 1.69. The minimum atomic E-state index is -0.383. The highest BCUT2D eigenvalue weighted by Crippen LogP contribution is 2.13. The Morgan fingerprint density at radius 2 is 2.18 bits per heavy atom. The van der Waals surface area contributed by atoms with Crippen LogP contribution in [0, 0.1) is 0 Å². The van der Waals surface area contributed by atoms with Crippen LogP contribution in [-0.4, -0.2) is 36.0 Å². The van der Waals surface area contributed by atoms with Crippen LogP contribution in [0.1, 0.15) is 20.8 Å². The van der Waals surface area contributed by atoms with E-state index in [2.05, 4.69) is 12.2 Å². The lowest BCUT2D eigenvalue weighted by molar-refractivity contribution is -0.139. The molecule has 1 N–H and O–H groups in total. The highest BCUT2D eigenvalue weighted by molar-refractivity contribution is 5.86. The molecule has 1 unspecified atom stereocenters. The quantitative estimate of drug-likeness (QED) is 0.544. The van der Waals surface area contributed by atoms with E-state index in [1.54, 1.807) is 4.90 Å². The number of nitrogens with zero attached hydrogens (tertiary/aromatic N) is 1. The van der Waals surface area contributed by atoms with Gasteiger partial charge >= 0.3 is 0 Å². The molecule has 1 heterocycles. The topological polar surface area (TPSA) is 32.3 Å². The van der Waals surface area contributed by atoms with Gasteiger partial charge in [0.2, 0.25) is 5.91 Å². The van der Waals surface area contributed by atoms with E-state index in [9.17, 15) is 4.79 Å². The SMILES string of the molecule is CC1CN(C)C(=O)C(C)(C)N1. The molecular weight excluding hydrogens is 140 g/mol. The number of likely N-dealkylation sites (N-methyl/N-ethyl adjacent to an activating group) is 1. The number of carbonyl (C=O) groups is 1. The maximum atomic E-state index is 11.5. The molecule has 1 fully saturated rings. The molecule has 1 amide bonds. The van der Waals surface area contributed by atoms with Gasteiger partial charge in [-0.25, -0.2) is 0 Å². The van der Waals surface area contributed by atoms with Crippen molar-refractivity contribution in [2.75, 3.05) is 13.6 Å². The molecule has 0 spiro atoms. The first-order chi connectivity index (χ1) is 4.93. The third kappa shape index (κ3) is 1.53. The average Bonchev–Trinajstić information content (AvgIpc) is 1.81. The molecule has 3 heteroatoms. The van der Waals surface area contributed by atoms with Crippen molar-refractivity contribution in [3.63, 3.8) is 0 Å². The molecule has 1 aliphatic heterocycles. The Kier molecular flexibility index (Phi) is 1.92. The van der Waals surface area contributed by atoms with Crippen molar-refractivity contribution in [1.82, 2.24) is 10.2 Å². The van der Waals surface area contributed by atoms with Crippen LogP contribution in [0.3, 0.4) is 0 Å². The molecular formula is C8H16N2O. The Morgan fingerprint density at radius 1 is 1.64 bits per heavy atom. The molecule has 0 radical (unpaired) electrons. The highest BCUT2D eigenvalue weighted by Gasteiger charge is 2.36. The molecule has 1 aliphatic rings. The van der Waals surface area contributed by atoms with Gasteiger partial charge in [-0.15, -0.1) is 0 Å². The van der Waals surface area contributed by atoms with Gasteiger partial charge in [0.15, 0.2) is 0 Å². The van der Waals surface area contributed by atoms with Gasteiger partial charge in [0.1, 0.15) is 0 Å². The van der Waals surface area contributed by atoms with Crippen LogP contribution >= 0.6 is 0 Å². The predicted molar refractivity (Wildman–Crippen MR) is 44.3 cm³/mol. The zero-order chi connectivity index (χ0) is 8.65. The van der Waals surface area contributed by atoms with E-state index in [0.717, 1.165) is 6.54 Å². The van der Waals surface area contributed by atoms with Crippen molar-refractivity contribution < 1.29 is 4.79 Å². The van der Waals surface area contributed by atoms with Crippen LogP contribution in [0.2, 0.25) is 0 Å². The minimum Gasteiger partial charge on any atom is -0.343 e. The van der Waals surface area contributed by atoms with Gasteiger partial charge in [0.25, 0.3) is 0 Å². The van der Waals surface area contributed by atoms with Gasteiger partial charge in [-0.2, -0.15) is 0 Å². The van der Waals surface area contributed by atoms with Gasteiger partial charge in [-0.05, 0) is 20.8 Å². The molecule has 1 saturated heterocycles. The van der Waals surface area contributed by atoms with Crippen LogP contribution in [-0.2, 0) is 4.79 Å². The largest absolute Gasteiger partial charge is 0.343 e. The van der Waals surface area contributed by atoms with Crippen molar-refractivity contribution in [2.24, 2.45) is 0 Å². The van der Waals surface area contributed by atoms with Crippen molar-refractivity contribution >= 4 is 5.91 Å². The number of hydrogen-bond acceptors (Lipinski definition) is 2. The first-order valence-electron chi connectivity index (χ1n) is 3.97. The Morgan fingerprint density at radius 3 is 2.64 bits per heavy atom. The van der Waals surface area contributed by atoms with Crippen LogP contribution in [0.5, 0.6) is 0 Å². The zero-order valence-electron chi connectivity index (χ0n) is 7.64. The second kappa shape index (κ2) is 2.48. The molecule has 1 rings (SSSR count). The predicted octanol–water partition coefficient (Wildman–Crippen LogP) is 0.215. The lowest BCUT2D eigenvalue weighted by atomic mass is 9.98. The van der Waals surface area contributed by atoms with E-state index in [1.165, 1.54) is 0 Å². The fourth-order valence-electron chi connectivity index (χ4n) is 1.69. The smallest absolute Gasteiger partial charge is 0.242 e. The zero-order valence-corrected chi connectivity index (χ0v) is 7.64. The summed E-state index contributed by atoms with van der Waals surface area (Å²) >= 11 is 0. The fraction of sp³-hybridized carbons (Fsp3) is 0.875. The van der Waals surface area contributed by atoms with Crippen molar-refractivity contribution in [1.29, 1.82) is 0 Å². The Hall–Kier alpha value is -0.570. The van der Waals surface area contributed by atoms with Crippen LogP contribution < -0.4 is 5.32 Å². The van der Waals surface area contributed by atoms with Crippen molar-refractivity contribution in [2.45, 2.75) is 32.4 Å². The molecule has 0 aromatic carbocycles. The van der Waals surface area contributed by atoms with Crippen molar-refractivity contribution in [3.05, 3.63) is 0 Å². The maximum Gasteiger partial charge on any atom is 0.242 e. The number of carbonyl (C=O) groups excluding carboxylic acids is 1. The molecule has 64 valence electrons. The third-order valence-corrected chi connectivity index (χ3v) is 2.04. The first kappa shape index (κ1) is 8.53. The number of nitrogens with one attached hydrogen (secondary N) is 1. The molecule has 0 aliphatic carbocycles. The summed E-state index contributed by atoms with van der Waals surface area (Å²) in [5.74, 6) is 0.176. The third-order valence-electron chi connectivity index (χ3n) is 2.04. The van der Waals surface area contributed by atoms with Gasteiger partial charge in [-0.1, -0.05) is 0 Å². The Bertz CT molecular complexity index is 177. The van der Waals surface area contributed by atoms with E-state index >= 15 is 0 Å². The normalized spacial score (nSPS) is 30.7. The summed E-state index contributed by atoms with van der Waals surface area (Å²) in [5.41, 5.74) is -0.383. The summed E-state index contributed by atoms with van der Waals surface area (Å²) in [7, 11) is 1.85. The molecule has 0 aromatic rings. The van der Waals surface area contributed by atoms with Gasteiger partial charge < -0.3 is 4.90 Å². The van der Waals surface area contributed by atoms with Crippen LogP contribution in [0.15, 0.2) is 0 Å². The first-order valence-corrected chi connectivity index (χ1v) is 3.97. The molecule has 1 atom stereocenters. The maximum absolute atomic E-state index is 11.5. The second-order valence-electron chi connectivity index (χ2n) is 3.86. The number of rotatable bonds is 0. The van der Waals surface area contributed by atoms with E-state index in [1.807, 2.05) is 20.9 Å². The summed E-state index contributed by atoms with van der Waals surface area (Å²) in [6, 6.07) is 0.396. The van der Waals surface area contributed by atoms with E-state index in [4.69, 9.17) is 0 Å². The molecule has 0 aromatic heterocycles. The van der Waals surface area contributed by atoms with Gasteiger partial charge in [0.05, 0.1) is 5.54 Å². The minimum absolute atomic E-state index is 0.176. The second-order valence-corrected chi connectivity index (χ2v) is 3.86. The number of amides is 1. The van der Waals surface area contributed by atoms with Gasteiger partial charge in [-0.3, -0.25) is 10.1 Å². The molecule has 0 saturated carbocycles. The summed E-state index contributed by atoms with van der Waals surface area (Å²) in [4.78, 5) is 13.2. The van der Waals surface area contributed by atoms with E-state index < -0.39 is 0 Å². The van der Waals surface area contributed by atoms with Crippen molar-refractivity contribution in [3.8, 4) is 0 Å².